The lowest BCUT2D eigenvalue weighted by Gasteiger charge is -2.29. The first-order chi connectivity index (χ1) is 11.1. The van der Waals surface area contributed by atoms with Gasteiger partial charge >= 0.3 is 23.9 Å². The van der Waals surface area contributed by atoms with Crippen LogP contribution in [-0.2, 0) is 19.1 Å². The number of carboxylic acid groups (broad SMARTS) is 2. The average molecular weight is 335 g/mol. The van der Waals surface area contributed by atoms with Gasteiger partial charge in [0.25, 0.3) is 5.79 Å². The molecule has 0 spiro atoms. The number of anilines is 1. The van der Waals surface area contributed by atoms with Crippen LogP contribution in [0.25, 0.3) is 0 Å². The van der Waals surface area contributed by atoms with Gasteiger partial charge in [0.05, 0.1) is 16.8 Å². The minimum absolute atomic E-state index is 0.00886. The minimum atomic E-state index is -1.39. The molecule has 0 bridgehead atoms. The number of carboxylic acids is 2. The number of carbonyl (C=O) groups excluding carboxylic acids is 2. The van der Waals surface area contributed by atoms with Crippen LogP contribution in [0.2, 0.25) is 0 Å². The van der Waals surface area contributed by atoms with E-state index in [9.17, 15) is 19.2 Å². The van der Waals surface area contributed by atoms with Gasteiger partial charge < -0.3 is 25.0 Å². The number of carbonyl (C=O) groups is 4. The number of aromatic carboxylic acids is 2. The van der Waals surface area contributed by atoms with Crippen molar-refractivity contribution in [3.05, 3.63) is 41.1 Å². The second-order valence-electron chi connectivity index (χ2n) is 5.25. The molecular formula is C15H13NO8. The molecule has 1 saturated heterocycles. The van der Waals surface area contributed by atoms with E-state index >= 15 is 0 Å². The summed E-state index contributed by atoms with van der Waals surface area (Å²) in [6.07, 6.45) is 0.947. The second kappa shape index (κ2) is 6.03. The van der Waals surface area contributed by atoms with Gasteiger partial charge in [-0.05, 0) is 18.2 Å². The molecule has 3 N–H and O–H groups in total. The molecule has 1 aromatic carbocycles. The highest BCUT2D eigenvalue weighted by Gasteiger charge is 2.39. The fourth-order valence-corrected chi connectivity index (χ4v) is 1.91. The van der Waals surface area contributed by atoms with Gasteiger partial charge in [0.15, 0.2) is 5.57 Å². The van der Waals surface area contributed by atoms with Crippen LogP contribution in [-0.4, -0.2) is 39.9 Å². The molecule has 9 nitrogen and oxygen atoms in total. The minimum Gasteiger partial charge on any atom is -0.478 e. The highest BCUT2D eigenvalue weighted by molar-refractivity contribution is 6.15. The van der Waals surface area contributed by atoms with Crippen LogP contribution in [0, 0.1) is 0 Å². The van der Waals surface area contributed by atoms with Crippen LogP contribution in [0.15, 0.2) is 30.0 Å². The van der Waals surface area contributed by atoms with E-state index in [1.807, 2.05) is 0 Å². The lowest BCUT2D eigenvalue weighted by molar-refractivity contribution is -0.222. The number of ether oxygens (including phenoxy) is 2. The fourth-order valence-electron chi connectivity index (χ4n) is 1.91. The molecule has 1 aromatic rings. The Hall–Kier alpha value is -3.36. The SMILES string of the molecule is CC1(C)OC(=O)C(=CNc2ccc(C(=O)O)cc2C(=O)O)C(=O)O1. The van der Waals surface area contributed by atoms with Crippen LogP contribution in [0.5, 0.6) is 0 Å². The van der Waals surface area contributed by atoms with Crippen molar-refractivity contribution in [2.24, 2.45) is 0 Å². The van der Waals surface area contributed by atoms with Crippen molar-refractivity contribution in [2.45, 2.75) is 19.6 Å². The Bertz CT molecular complexity index is 756. The first kappa shape index (κ1) is 17.0. The number of esters is 2. The van der Waals surface area contributed by atoms with Crippen molar-refractivity contribution in [1.82, 2.24) is 0 Å². The zero-order valence-electron chi connectivity index (χ0n) is 12.7. The van der Waals surface area contributed by atoms with Gasteiger partial charge in [0.2, 0.25) is 0 Å². The highest BCUT2D eigenvalue weighted by Crippen LogP contribution is 2.23. The topological polar surface area (TPSA) is 139 Å². The quantitative estimate of drug-likeness (QED) is 0.421. The molecule has 0 atom stereocenters. The number of nitrogens with one attached hydrogen (secondary N) is 1. The first-order valence-corrected chi connectivity index (χ1v) is 6.65. The van der Waals surface area contributed by atoms with Gasteiger partial charge in [-0.25, -0.2) is 19.2 Å². The van der Waals surface area contributed by atoms with Crippen molar-refractivity contribution in [1.29, 1.82) is 0 Å². The third-order valence-corrected chi connectivity index (χ3v) is 2.99. The maximum absolute atomic E-state index is 11.8. The van der Waals surface area contributed by atoms with E-state index in [0.717, 1.165) is 12.3 Å². The van der Waals surface area contributed by atoms with Crippen molar-refractivity contribution < 1.29 is 38.9 Å². The fraction of sp³-hybridized carbons (Fsp3) is 0.200. The van der Waals surface area contributed by atoms with Gasteiger partial charge in [0, 0.05) is 20.0 Å². The lowest BCUT2D eigenvalue weighted by atomic mass is 10.1. The predicted octanol–water partition coefficient (Wildman–Crippen LogP) is 1.21. The molecule has 0 aromatic heterocycles. The van der Waals surface area contributed by atoms with E-state index in [1.54, 1.807) is 0 Å². The molecule has 0 aliphatic carbocycles. The standard InChI is InChI=1S/C15H13NO8/c1-15(2)23-13(21)9(14(22)24-15)6-16-10-4-3-7(11(17)18)5-8(10)12(19)20/h3-6,16H,1-2H3,(H,17,18)(H,19,20). The number of benzene rings is 1. The van der Waals surface area contributed by atoms with E-state index in [-0.39, 0.29) is 16.8 Å². The Labute approximate surface area is 135 Å². The Morgan fingerprint density at radius 3 is 2.17 bits per heavy atom. The third-order valence-electron chi connectivity index (χ3n) is 2.99. The van der Waals surface area contributed by atoms with Gasteiger partial charge in [-0.2, -0.15) is 0 Å². The molecule has 24 heavy (non-hydrogen) atoms. The van der Waals surface area contributed by atoms with E-state index in [4.69, 9.17) is 19.7 Å². The van der Waals surface area contributed by atoms with Crippen molar-refractivity contribution in [2.75, 3.05) is 5.32 Å². The monoisotopic (exact) mass is 335 g/mol. The second-order valence-corrected chi connectivity index (χ2v) is 5.25. The molecule has 1 aliphatic heterocycles. The lowest BCUT2D eigenvalue weighted by Crippen LogP contribution is -2.42. The molecule has 1 heterocycles. The Morgan fingerprint density at radius 2 is 1.67 bits per heavy atom. The van der Waals surface area contributed by atoms with Crippen LogP contribution < -0.4 is 5.32 Å². The number of rotatable bonds is 4. The number of hydrogen-bond donors (Lipinski definition) is 3. The molecule has 0 amide bonds. The summed E-state index contributed by atoms with van der Waals surface area (Å²) in [6, 6.07) is 3.33. The Balaban J connectivity index is 2.31. The summed E-state index contributed by atoms with van der Waals surface area (Å²) >= 11 is 0. The smallest absolute Gasteiger partial charge is 0.350 e. The summed E-state index contributed by atoms with van der Waals surface area (Å²) in [5.74, 6) is -5.91. The summed E-state index contributed by atoms with van der Waals surface area (Å²) < 4.78 is 9.78. The first-order valence-electron chi connectivity index (χ1n) is 6.65. The molecule has 1 aliphatic rings. The van der Waals surface area contributed by atoms with Crippen molar-refractivity contribution >= 4 is 29.6 Å². The molecule has 0 radical (unpaired) electrons. The number of cyclic esters (lactones) is 2. The molecule has 126 valence electrons. The van der Waals surface area contributed by atoms with Crippen LogP contribution >= 0.6 is 0 Å². The zero-order chi connectivity index (χ0) is 18.1. The van der Waals surface area contributed by atoms with E-state index < -0.39 is 35.2 Å². The van der Waals surface area contributed by atoms with Gasteiger partial charge in [-0.1, -0.05) is 0 Å². The highest BCUT2D eigenvalue weighted by atomic mass is 16.7. The predicted molar refractivity (Wildman–Crippen MR) is 78.3 cm³/mol. The summed E-state index contributed by atoms with van der Waals surface area (Å²) in [5.41, 5.74) is -1.02. The average Bonchev–Trinajstić information content (AvgIpc) is 2.44. The molecule has 9 heteroatoms. The van der Waals surface area contributed by atoms with Crippen molar-refractivity contribution in [3.63, 3.8) is 0 Å². The van der Waals surface area contributed by atoms with Crippen molar-refractivity contribution in [3.8, 4) is 0 Å². The van der Waals surface area contributed by atoms with Crippen LogP contribution in [0.1, 0.15) is 34.6 Å². The normalized spacial score (nSPS) is 16.0. The van der Waals surface area contributed by atoms with Crippen LogP contribution in [0.3, 0.4) is 0 Å². The van der Waals surface area contributed by atoms with Crippen LogP contribution in [0.4, 0.5) is 5.69 Å². The van der Waals surface area contributed by atoms with Gasteiger partial charge in [0.1, 0.15) is 0 Å². The Kier molecular flexibility index (Phi) is 4.27. The molecule has 2 rings (SSSR count). The third kappa shape index (κ3) is 3.51. The summed E-state index contributed by atoms with van der Waals surface area (Å²) in [5, 5.41) is 20.5. The molecule has 0 unspecified atom stereocenters. The Morgan fingerprint density at radius 1 is 1.08 bits per heavy atom. The van der Waals surface area contributed by atoms with E-state index in [1.165, 1.54) is 26.0 Å². The van der Waals surface area contributed by atoms with Gasteiger partial charge in [-0.15, -0.1) is 0 Å². The zero-order valence-corrected chi connectivity index (χ0v) is 12.7. The molecular weight excluding hydrogens is 322 g/mol. The molecule has 0 saturated carbocycles. The summed E-state index contributed by atoms with van der Waals surface area (Å²) in [6.45, 7) is 2.78. The largest absolute Gasteiger partial charge is 0.478 e. The molecule has 1 fully saturated rings. The summed E-state index contributed by atoms with van der Waals surface area (Å²) in [4.78, 5) is 45.7. The van der Waals surface area contributed by atoms with E-state index in [0.29, 0.717) is 0 Å². The summed E-state index contributed by atoms with van der Waals surface area (Å²) in [7, 11) is 0. The van der Waals surface area contributed by atoms with Gasteiger partial charge in [-0.3, -0.25) is 0 Å². The number of hydrogen-bond acceptors (Lipinski definition) is 7. The van der Waals surface area contributed by atoms with E-state index in [2.05, 4.69) is 5.32 Å². The maximum Gasteiger partial charge on any atom is 0.350 e. The maximum atomic E-state index is 11.8.